The van der Waals surface area contributed by atoms with Crippen molar-refractivity contribution < 1.29 is 0 Å². The van der Waals surface area contributed by atoms with Crippen molar-refractivity contribution in [3.8, 4) is 0 Å². The van der Waals surface area contributed by atoms with Gasteiger partial charge in [-0.3, -0.25) is 0 Å². The molecule has 0 bridgehead atoms. The van der Waals surface area contributed by atoms with Crippen molar-refractivity contribution in [3.05, 3.63) is 31.2 Å². The minimum absolute atomic E-state index is 0.997. The Balaban J connectivity index is 3.40. The fourth-order valence-corrected chi connectivity index (χ4v) is 0.794. The standard InChI is InChI=1S/C9H15/c1-4-7-9(6-3)8-5-2/h4,6H,1,3,5,7-8H2,2H3. The zero-order chi connectivity index (χ0) is 7.11. The molecule has 0 unspecified atom stereocenters. The smallest absolute Gasteiger partial charge is 0.000708 e. The average Bonchev–Trinajstić information content (AvgIpc) is 1.88. The predicted octanol–water partition coefficient (Wildman–Crippen LogP) is 3.12. The van der Waals surface area contributed by atoms with E-state index < -0.39 is 0 Å². The molecule has 0 saturated heterocycles. The summed E-state index contributed by atoms with van der Waals surface area (Å²) in [4.78, 5) is 0. The highest BCUT2D eigenvalue weighted by Gasteiger charge is 1.98. The fourth-order valence-electron chi connectivity index (χ4n) is 0.794. The van der Waals surface area contributed by atoms with E-state index in [0.29, 0.717) is 0 Å². The van der Waals surface area contributed by atoms with Crippen LogP contribution in [0.4, 0.5) is 0 Å². The first-order valence-corrected chi connectivity index (χ1v) is 3.43. The van der Waals surface area contributed by atoms with Crippen LogP contribution in [0, 0.1) is 5.92 Å². The van der Waals surface area contributed by atoms with E-state index in [9.17, 15) is 0 Å². The third-order valence-electron chi connectivity index (χ3n) is 1.27. The van der Waals surface area contributed by atoms with Gasteiger partial charge in [0.2, 0.25) is 0 Å². The summed E-state index contributed by atoms with van der Waals surface area (Å²) in [6.45, 7) is 9.55. The fraction of sp³-hybridized carbons (Fsp3) is 0.444. The van der Waals surface area contributed by atoms with E-state index in [1.165, 1.54) is 12.3 Å². The molecule has 0 N–H and O–H groups in total. The zero-order valence-corrected chi connectivity index (χ0v) is 6.19. The normalized spacial score (nSPS) is 9.56. The molecule has 0 aromatic rings. The summed E-state index contributed by atoms with van der Waals surface area (Å²) < 4.78 is 0. The van der Waals surface area contributed by atoms with Gasteiger partial charge >= 0.3 is 0 Å². The van der Waals surface area contributed by atoms with E-state index in [4.69, 9.17) is 0 Å². The van der Waals surface area contributed by atoms with E-state index in [0.717, 1.165) is 12.8 Å². The Morgan fingerprint density at radius 2 is 2.11 bits per heavy atom. The molecule has 0 aromatic heterocycles. The molecule has 0 spiro atoms. The molecule has 0 rings (SSSR count). The van der Waals surface area contributed by atoms with Crippen LogP contribution in [0.5, 0.6) is 0 Å². The second-order valence-corrected chi connectivity index (χ2v) is 2.11. The minimum Gasteiger partial charge on any atom is -0.103 e. The first kappa shape index (κ1) is 8.48. The summed E-state index contributed by atoms with van der Waals surface area (Å²) in [5.74, 6) is 1.40. The van der Waals surface area contributed by atoms with Crippen molar-refractivity contribution in [2.45, 2.75) is 26.2 Å². The molecule has 0 aliphatic rings. The van der Waals surface area contributed by atoms with Crippen molar-refractivity contribution in [2.75, 3.05) is 0 Å². The molecule has 0 amide bonds. The summed E-state index contributed by atoms with van der Waals surface area (Å²) in [7, 11) is 0. The molecule has 0 aromatic carbocycles. The largest absolute Gasteiger partial charge is 0.103 e. The van der Waals surface area contributed by atoms with Crippen LogP contribution in [0.2, 0.25) is 0 Å². The molecule has 0 nitrogen and oxygen atoms in total. The molecule has 0 aliphatic carbocycles. The Labute approximate surface area is 58.3 Å². The molecule has 0 heteroatoms. The van der Waals surface area contributed by atoms with Crippen LogP contribution in [-0.4, -0.2) is 0 Å². The zero-order valence-electron chi connectivity index (χ0n) is 6.19. The Kier molecular flexibility index (Phi) is 5.29. The molecule has 0 saturated carbocycles. The number of hydrogen-bond acceptors (Lipinski definition) is 0. The third-order valence-corrected chi connectivity index (χ3v) is 1.27. The third kappa shape index (κ3) is 4.01. The molecule has 51 valence electrons. The first-order chi connectivity index (χ1) is 4.35. The topological polar surface area (TPSA) is 0 Å². The van der Waals surface area contributed by atoms with Gasteiger partial charge < -0.3 is 0 Å². The number of rotatable bonds is 5. The lowest BCUT2D eigenvalue weighted by molar-refractivity contribution is 0.809. The maximum atomic E-state index is 3.71. The van der Waals surface area contributed by atoms with Crippen LogP contribution in [0.3, 0.4) is 0 Å². The number of hydrogen-bond donors (Lipinski definition) is 0. The monoisotopic (exact) mass is 123 g/mol. The van der Waals surface area contributed by atoms with E-state index in [1.54, 1.807) is 0 Å². The summed E-state index contributed by atoms with van der Waals surface area (Å²) in [5.41, 5.74) is 0. The maximum absolute atomic E-state index is 3.71. The minimum atomic E-state index is 0.997. The molecule has 0 aliphatic heterocycles. The Bertz CT molecular complexity index is 82.0. The summed E-state index contributed by atoms with van der Waals surface area (Å²) in [5, 5.41) is 0. The van der Waals surface area contributed by atoms with Crippen molar-refractivity contribution in [3.63, 3.8) is 0 Å². The lowest BCUT2D eigenvalue weighted by Crippen LogP contribution is -1.88. The quantitative estimate of drug-likeness (QED) is 0.493. The van der Waals surface area contributed by atoms with Crippen molar-refractivity contribution >= 4 is 0 Å². The Morgan fingerprint density at radius 1 is 1.44 bits per heavy atom. The highest BCUT2D eigenvalue weighted by Crippen LogP contribution is 2.14. The van der Waals surface area contributed by atoms with Crippen LogP contribution in [-0.2, 0) is 0 Å². The molecule has 9 heavy (non-hydrogen) atoms. The number of allylic oxidation sites excluding steroid dienone is 2. The van der Waals surface area contributed by atoms with Gasteiger partial charge in [0.1, 0.15) is 0 Å². The molecular formula is C9H15. The van der Waals surface area contributed by atoms with Crippen LogP contribution < -0.4 is 0 Å². The predicted molar refractivity (Wildman–Crippen MR) is 43.2 cm³/mol. The van der Waals surface area contributed by atoms with Crippen molar-refractivity contribution in [2.24, 2.45) is 0 Å². The van der Waals surface area contributed by atoms with E-state index in [-0.39, 0.29) is 0 Å². The first-order valence-electron chi connectivity index (χ1n) is 3.43. The summed E-state index contributed by atoms with van der Waals surface area (Å²) in [6.07, 6.45) is 7.22. The lowest BCUT2D eigenvalue weighted by Gasteiger charge is -2.04. The maximum Gasteiger partial charge on any atom is 0.000708 e. The van der Waals surface area contributed by atoms with Crippen molar-refractivity contribution in [1.82, 2.24) is 0 Å². The van der Waals surface area contributed by atoms with Gasteiger partial charge in [-0.25, -0.2) is 0 Å². The highest BCUT2D eigenvalue weighted by atomic mass is 14.0. The second-order valence-electron chi connectivity index (χ2n) is 2.11. The Morgan fingerprint density at radius 3 is 2.44 bits per heavy atom. The summed E-state index contributed by atoms with van der Waals surface area (Å²) >= 11 is 0. The highest BCUT2D eigenvalue weighted by molar-refractivity contribution is 5.08. The Hall–Kier alpha value is -0.520. The van der Waals surface area contributed by atoms with Gasteiger partial charge in [-0.15, -0.1) is 13.2 Å². The van der Waals surface area contributed by atoms with E-state index >= 15 is 0 Å². The van der Waals surface area contributed by atoms with Crippen LogP contribution in [0.1, 0.15) is 26.2 Å². The van der Waals surface area contributed by atoms with Gasteiger partial charge in [-0.2, -0.15) is 0 Å². The second kappa shape index (κ2) is 5.61. The van der Waals surface area contributed by atoms with Crippen LogP contribution in [0.15, 0.2) is 25.3 Å². The van der Waals surface area contributed by atoms with Gasteiger partial charge in [0.05, 0.1) is 0 Å². The molecular weight excluding hydrogens is 108 g/mol. The van der Waals surface area contributed by atoms with Crippen LogP contribution >= 0.6 is 0 Å². The van der Waals surface area contributed by atoms with Gasteiger partial charge in [0, 0.05) is 5.92 Å². The van der Waals surface area contributed by atoms with E-state index in [1.807, 2.05) is 12.2 Å². The molecule has 0 heterocycles. The SMILES string of the molecule is C=CC[C](C=C)CCC. The van der Waals surface area contributed by atoms with Gasteiger partial charge in [-0.1, -0.05) is 25.5 Å². The van der Waals surface area contributed by atoms with Crippen molar-refractivity contribution in [1.29, 1.82) is 0 Å². The lowest BCUT2D eigenvalue weighted by atomic mass is 10.0. The molecule has 0 atom stereocenters. The average molecular weight is 123 g/mol. The van der Waals surface area contributed by atoms with Gasteiger partial charge in [0.25, 0.3) is 0 Å². The van der Waals surface area contributed by atoms with Gasteiger partial charge in [0.15, 0.2) is 0 Å². The van der Waals surface area contributed by atoms with E-state index in [2.05, 4.69) is 20.1 Å². The summed E-state index contributed by atoms with van der Waals surface area (Å²) in [6, 6.07) is 0. The molecule has 0 fully saturated rings. The van der Waals surface area contributed by atoms with Crippen LogP contribution in [0.25, 0.3) is 0 Å². The molecule has 1 radical (unpaired) electrons. The van der Waals surface area contributed by atoms with Gasteiger partial charge in [-0.05, 0) is 12.8 Å².